The van der Waals surface area contributed by atoms with Crippen LogP contribution in [0.1, 0.15) is 36.1 Å². The van der Waals surface area contributed by atoms with Crippen molar-refractivity contribution in [3.63, 3.8) is 0 Å². The van der Waals surface area contributed by atoms with E-state index >= 15 is 0 Å². The predicted molar refractivity (Wildman–Crippen MR) is 77.7 cm³/mol. The standard InChI is InChI=1S/C14H21N7O/c1-22-8-13-16-14(19-18-13)12-7-21(5-10-4-15-20-17-10)6-11(12)9-2-3-9/h4,9,11-12H,2-3,5-8H2,1H3,(H,15,17,20)(H,16,18,19)/t11-,12+/m1/s1. The van der Waals surface area contributed by atoms with Gasteiger partial charge in [-0.1, -0.05) is 0 Å². The number of ether oxygens (including phenoxy) is 1. The fraction of sp³-hybridized carbons (Fsp3) is 0.714. The predicted octanol–water partition coefficient (Wildman–Crippen LogP) is 0.695. The van der Waals surface area contributed by atoms with Crippen LogP contribution in [0, 0.1) is 11.8 Å². The number of hydrogen-bond acceptors (Lipinski definition) is 6. The van der Waals surface area contributed by atoms with Crippen LogP contribution in [0.2, 0.25) is 0 Å². The molecule has 0 amide bonds. The molecule has 8 nitrogen and oxygen atoms in total. The van der Waals surface area contributed by atoms with Crippen molar-refractivity contribution >= 4 is 0 Å². The average Bonchev–Trinajstić information content (AvgIpc) is 2.94. The third kappa shape index (κ3) is 2.76. The highest BCUT2D eigenvalue weighted by atomic mass is 16.5. The molecule has 1 saturated carbocycles. The first-order valence-corrected chi connectivity index (χ1v) is 7.80. The molecule has 118 valence electrons. The molecule has 2 fully saturated rings. The molecular formula is C14H21N7O. The van der Waals surface area contributed by atoms with Gasteiger partial charge in [0.2, 0.25) is 0 Å². The van der Waals surface area contributed by atoms with Crippen molar-refractivity contribution in [3.8, 4) is 0 Å². The van der Waals surface area contributed by atoms with Gasteiger partial charge in [-0.25, -0.2) is 4.98 Å². The van der Waals surface area contributed by atoms with Crippen molar-refractivity contribution in [1.29, 1.82) is 0 Å². The van der Waals surface area contributed by atoms with E-state index in [1.807, 2.05) is 0 Å². The molecule has 2 atom stereocenters. The van der Waals surface area contributed by atoms with Crippen molar-refractivity contribution < 1.29 is 4.74 Å². The average molecular weight is 303 g/mol. The number of likely N-dealkylation sites (tertiary alicyclic amines) is 1. The fourth-order valence-electron chi connectivity index (χ4n) is 3.53. The van der Waals surface area contributed by atoms with Crippen molar-refractivity contribution in [2.24, 2.45) is 11.8 Å². The van der Waals surface area contributed by atoms with Gasteiger partial charge in [-0.3, -0.25) is 10.00 Å². The first-order chi connectivity index (χ1) is 10.8. The van der Waals surface area contributed by atoms with Gasteiger partial charge in [0.1, 0.15) is 6.61 Å². The van der Waals surface area contributed by atoms with Gasteiger partial charge in [-0.2, -0.15) is 20.5 Å². The Morgan fingerprint density at radius 1 is 1.32 bits per heavy atom. The van der Waals surface area contributed by atoms with E-state index in [9.17, 15) is 0 Å². The van der Waals surface area contributed by atoms with Crippen molar-refractivity contribution in [1.82, 2.24) is 35.5 Å². The van der Waals surface area contributed by atoms with Gasteiger partial charge in [-0.15, -0.1) is 0 Å². The molecule has 0 unspecified atom stereocenters. The molecule has 4 rings (SSSR count). The summed E-state index contributed by atoms with van der Waals surface area (Å²) in [6.07, 6.45) is 4.48. The van der Waals surface area contributed by atoms with Crippen molar-refractivity contribution in [3.05, 3.63) is 23.5 Å². The molecule has 2 aromatic rings. The highest BCUT2D eigenvalue weighted by Gasteiger charge is 2.44. The number of aromatic amines is 2. The molecule has 2 aromatic heterocycles. The lowest BCUT2D eigenvalue weighted by Gasteiger charge is -2.14. The van der Waals surface area contributed by atoms with Crippen LogP contribution in [0.5, 0.6) is 0 Å². The van der Waals surface area contributed by atoms with Crippen LogP contribution in [0.3, 0.4) is 0 Å². The Labute approximate surface area is 128 Å². The van der Waals surface area contributed by atoms with Gasteiger partial charge in [0, 0.05) is 32.7 Å². The summed E-state index contributed by atoms with van der Waals surface area (Å²) in [5.74, 6) is 3.63. The molecule has 0 bridgehead atoms. The quantitative estimate of drug-likeness (QED) is 0.815. The van der Waals surface area contributed by atoms with E-state index in [2.05, 4.69) is 35.5 Å². The minimum atomic E-state index is 0.404. The molecule has 8 heteroatoms. The molecule has 1 aliphatic carbocycles. The SMILES string of the molecule is COCc1nc([C@H]2CN(Cc3cn[nH]n3)C[C@@H]2C2CC2)n[nH]1. The number of methoxy groups -OCH3 is 1. The van der Waals surface area contributed by atoms with Gasteiger partial charge in [0.05, 0.1) is 11.9 Å². The second-order valence-electron chi connectivity index (χ2n) is 6.34. The van der Waals surface area contributed by atoms with E-state index in [-0.39, 0.29) is 0 Å². The van der Waals surface area contributed by atoms with Gasteiger partial charge in [-0.05, 0) is 24.7 Å². The number of rotatable bonds is 6. The highest BCUT2D eigenvalue weighted by molar-refractivity contribution is 5.09. The van der Waals surface area contributed by atoms with Crippen LogP contribution in [0.15, 0.2) is 6.20 Å². The summed E-state index contributed by atoms with van der Waals surface area (Å²) in [4.78, 5) is 7.06. The lowest BCUT2D eigenvalue weighted by atomic mass is 9.91. The summed E-state index contributed by atoms with van der Waals surface area (Å²) < 4.78 is 5.12. The first-order valence-electron chi connectivity index (χ1n) is 7.80. The summed E-state index contributed by atoms with van der Waals surface area (Å²) in [5, 5.41) is 18.1. The molecule has 2 N–H and O–H groups in total. The summed E-state index contributed by atoms with van der Waals surface area (Å²) in [6, 6.07) is 0. The van der Waals surface area contributed by atoms with E-state index < -0.39 is 0 Å². The van der Waals surface area contributed by atoms with Gasteiger partial charge < -0.3 is 4.74 Å². The molecule has 22 heavy (non-hydrogen) atoms. The molecule has 1 saturated heterocycles. The number of H-pyrrole nitrogens is 2. The minimum absolute atomic E-state index is 0.404. The second kappa shape index (κ2) is 5.77. The zero-order valence-electron chi connectivity index (χ0n) is 12.7. The van der Waals surface area contributed by atoms with E-state index in [4.69, 9.17) is 4.74 Å². The molecule has 0 radical (unpaired) electrons. The van der Waals surface area contributed by atoms with Gasteiger partial charge >= 0.3 is 0 Å². The number of aromatic nitrogens is 6. The molecule has 3 heterocycles. The molecule has 2 aliphatic rings. The molecule has 0 spiro atoms. The monoisotopic (exact) mass is 303 g/mol. The fourth-order valence-corrected chi connectivity index (χ4v) is 3.53. The number of hydrogen-bond donors (Lipinski definition) is 2. The zero-order valence-corrected chi connectivity index (χ0v) is 12.7. The normalized spacial score (nSPS) is 25.9. The Morgan fingerprint density at radius 2 is 2.23 bits per heavy atom. The second-order valence-corrected chi connectivity index (χ2v) is 6.34. The number of nitrogens with zero attached hydrogens (tertiary/aromatic N) is 5. The largest absolute Gasteiger partial charge is 0.377 e. The Kier molecular flexibility index (Phi) is 3.63. The van der Waals surface area contributed by atoms with Crippen LogP contribution < -0.4 is 0 Å². The molecular weight excluding hydrogens is 282 g/mol. The Morgan fingerprint density at radius 3 is 2.95 bits per heavy atom. The van der Waals surface area contributed by atoms with Crippen LogP contribution in [0.4, 0.5) is 0 Å². The summed E-state index contributed by atoms with van der Waals surface area (Å²) in [6.45, 7) is 3.40. The lowest BCUT2D eigenvalue weighted by Crippen LogP contribution is -2.20. The minimum Gasteiger partial charge on any atom is -0.377 e. The van der Waals surface area contributed by atoms with Crippen molar-refractivity contribution in [2.45, 2.75) is 31.9 Å². The summed E-state index contributed by atoms with van der Waals surface area (Å²) in [7, 11) is 1.67. The van der Waals surface area contributed by atoms with Gasteiger partial charge in [0.15, 0.2) is 11.6 Å². The maximum Gasteiger partial charge on any atom is 0.155 e. The smallest absolute Gasteiger partial charge is 0.155 e. The van der Waals surface area contributed by atoms with E-state index in [0.717, 1.165) is 42.9 Å². The maximum absolute atomic E-state index is 5.12. The Bertz CT molecular complexity index is 606. The van der Waals surface area contributed by atoms with E-state index in [1.165, 1.54) is 12.8 Å². The molecule has 0 aromatic carbocycles. The van der Waals surface area contributed by atoms with Crippen LogP contribution in [-0.2, 0) is 17.9 Å². The van der Waals surface area contributed by atoms with E-state index in [1.54, 1.807) is 13.3 Å². The first kappa shape index (κ1) is 13.8. The number of nitrogens with one attached hydrogen (secondary N) is 2. The topological polar surface area (TPSA) is 95.6 Å². The maximum atomic E-state index is 5.12. The highest BCUT2D eigenvalue weighted by Crippen LogP contribution is 2.47. The summed E-state index contributed by atoms with van der Waals surface area (Å²) >= 11 is 0. The summed E-state index contributed by atoms with van der Waals surface area (Å²) in [5.41, 5.74) is 0.991. The zero-order chi connectivity index (χ0) is 14.9. The van der Waals surface area contributed by atoms with Crippen LogP contribution >= 0.6 is 0 Å². The van der Waals surface area contributed by atoms with Crippen molar-refractivity contribution in [2.75, 3.05) is 20.2 Å². The van der Waals surface area contributed by atoms with Gasteiger partial charge in [0.25, 0.3) is 0 Å². The molecule has 1 aliphatic heterocycles. The Hall–Kier alpha value is -1.80. The Balaban J connectivity index is 1.49. The third-order valence-corrected chi connectivity index (χ3v) is 4.68. The van der Waals surface area contributed by atoms with Crippen LogP contribution in [-0.4, -0.2) is 55.7 Å². The van der Waals surface area contributed by atoms with E-state index in [0.29, 0.717) is 18.4 Å². The lowest BCUT2D eigenvalue weighted by molar-refractivity contribution is 0.178. The van der Waals surface area contributed by atoms with Crippen LogP contribution in [0.25, 0.3) is 0 Å². The third-order valence-electron chi connectivity index (χ3n) is 4.68.